The molecule has 0 bridgehead atoms. The van der Waals surface area contributed by atoms with Crippen molar-refractivity contribution < 1.29 is 0 Å². The Balaban J connectivity index is 1.63. The monoisotopic (exact) mass is 292 g/mol. The molecule has 0 aliphatic carbocycles. The standard InChI is InChI=1S/C15H24N4S/c1-3-19(4-2)11-9-16-10-12-20-15-17-13-7-5-6-8-14(13)18-15/h5-8,16H,3-4,9-12H2,1-2H3,(H,17,18). The lowest BCUT2D eigenvalue weighted by Gasteiger charge is -2.17. The molecule has 1 heterocycles. The van der Waals surface area contributed by atoms with Crippen molar-refractivity contribution in [2.75, 3.05) is 38.5 Å². The van der Waals surface area contributed by atoms with Crippen LogP contribution in [0, 0.1) is 0 Å². The van der Waals surface area contributed by atoms with E-state index < -0.39 is 0 Å². The molecule has 2 rings (SSSR count). The van der Waals surface area contributed by atoms with Crippen LogP contribution in [0.15, 0.2) is 29.4 Å². The summed E-state index contributed by atoms with van der Waals surface area (Å²) >= 11 is 1.77. The first-order valence-corrected chi connectivity index (χ1v) is 8.32. The highest BCUT2D eigenvalue weighted by molar-refractivity contribution is 7.99. The zero-order chi connectivity index (χ0) is 14.2. The van der Waals surface area contributed by atoms with Crippen molar-refractivity contribution in [2.45, 2.75) is 19.0 Å². The van der Waals surface area contributed by atoms with Crippen molar-refractivity contribution in [2.24, 2.45) is 0 Å². The first-order valence-electron chi connectivity index (χ1n) is 7.34. The Bertz CT molecular complexity index is 474. The van der Waals surface area contributed by atoms with Crippen molar-refractivity contribution in [3.8, 4) is 0 Å². The molecule has 0 amide bonds. The number of aromatic amines is 1. The summed E-state index contributed by atoms with van der Waals surface area (Å²) in [6, 6.07) is 8.16. The van der Waals surface area contributed by atoms with Gasteiger partial charge in [0.15, 0.2) is 5.16 Å². The van der Waals surface area contributed by atoms with Crippen LogP contribution in [0.4, 0.5) is 0 Å². The molecule has 0 saturated heterocycles. The number of aromatic nitrogens is 2. The van der Waals surface area contributed by atoms with Crippen LogP contribution in [0.25, 0.3) is 11.0 Å². The number of thioether (sulfide) groups is 1. The third kappa shape index (κ3) is 4.51. The van der Waals surface area contributed by atoms with Gasteiger partial charge in [0.05, 0.1) is 11.0 Å². The van der Waals surface area contributed by atoms with Crippen LogP contribution in [-0.2, 0) is 0 Å². The summed E-state index contributed by atoms with van der Waals surface area (Å²) in [5.41, 5.74) is 2.16. The number of nitrogens with zero attached hydrogens (tertiary/aromatic N) is 2. The minimum absolute atomic E-state index is 1.01. The van der Waals surface area contributed by atoms with Gasteiger partial charge in [0.2, 0.25) is 0 Å². The van der Waals surface area contributed by atoms with Gasteiger partial charge in [-0.25, -0.2) is 4.98 Å². The summed E-state index contributed by atoms with van der Waals surface area (Å²) < 4.78 is 0. The number of rotatable bonds is 9. The fourth-order valence-electron chi connectivity index (χ4n) is 2.12. The Labute approximate surface area is 125 Å². The van der Waals surface area contributed by atoms with E-state index in [-0.39, 0.29) is 0 Å². The predicted octanol–water partition coefficient (Wildman–Crippen LogP) is 2.59. The van der Waals surface area contributed by atoms with E-state index in [0.29, 0.717) is 0 Å². The van der Waals surface area contributed by atoms with E-state index in [1.165, 1.54) is 0 Å². The molecule has 0 spiro atoms. The van der Waals surface area contributed by atoms with Crippen molar-refractivity contribution >= 4 is 22.8 Å². The molecule has 2 aromatic rings. The molecule has 5 heteroatoms. The highest BCUT2D eigenvalue weighted by Crippen LogP contribution is 2.18. The minimum atomic E-state index is 1.01. The van der Waals surface area contributed by atoms with E-state index in [1.54, 1.807) is 11.8 Å². The maximum Gasteiger partial charge on any atom is 0.166 e. The molecule has 20 heavy (non-hydrogen) atoms. The average Bonchev–Trinajstić information content (AvgIpc) is 2.89. The van der Waals surface area contributed by atoms with Crippen LogP contribution >= 0.6 is 11.8 Å². The second-order valence-corrected chi connectivity index (χ2v) is 5.77. The minimum Gasteiger partial charge on any atom is -0.333 e. The van der Waals surface area contributed by atoms with Crippen LogP contribution < -0.4 is 5.32 Å². The fourth-order valence-corrected chi connectivity index (χ4v) is 2.90. The van der Waals surface area contributed by atoms with Gasteiger partial charge in [-0.3, -0.25) is 0 Å². The van der Waals surface area contributed by atoms with Gasteiger partial charge in [-0.15, -0.1) is 0 Å². The number of nitrogens with one attached hydrogen (secondary N) is 2. The Morgan fingerprint density at radius 2 is 2.00 bits per heavy atom. The number of imidazole rings is 1. The first kappa shape index (κ1) is 15.4. The van der Waals surface area contributed by atoms with Crippen LogP contribution in [0.3, 0.4) is 0 Å². The number of para-hydroxylation sites is 2. The molecule has 4 nitrogen and oxygen atoms in total. The second kappa shape index (κ2) is 8.29. The van der Waals surface area contributed by atoms with E-state index in [1.807, 2.05) is 18.2 Å². The van der Waals surface area contributed by atoms with Gasteiger partial charge in [-0.1, -0.05) is 37.7 Å². The van der Waals surface area contributed by atoms with Crippen LogP contribution in [0.1, 0.15) is 13.8 Å². The number of H-pyrrole nitrogens is 1. The van der Waals surface area contributed by atoms with Crippen molar-refractivity contribution in [1.29, 1.82) is 0 Å². The van der Waals surface area contributed by atoms with E-state index >= 15 is 0 Å². The van der Waals surface area contributed by atoms with Gasteiger partial charge in [0, 0.05) is 25.4 Å². The van der Waals surface area contributed by atoms with Crippen LogP contribution in [-0.4, -0.2) is 53.3 Å². The number of hydrogen-bond donors (Lipinski definition) is 2. The lowest BCUT2D eigenvalue weighted by molar-refractivity contribution is 0.303. The molecule has 1 aromatic heterocycles. The topological polar surface area (TPSA) is 44.0 Å². The lowest BCUT2D eigenvalue weighted by atomic mass is 10.3. The molecular formula is C15H24N4S. The average molecular weight is 292 g/mol. The van der Waals surface area contributed by atoms with Gasteiger partial charge in [-0.05, 0) is 25.2 Å². The van der Waals surface area contributed by atoms with Gasteiger partial charge in [-0.2, -0.15) is 0 Å². The summed E-state index contributed by atoms with van der Waals surface area (Å²) in [4.78, 5) is 10.3. The van der Waals surface area contributed by atoms with Gasteiger partial charge in [0.1, 0.15) is 0 Å². The molecule has 0 saturated carbocycles. The van der Waals surface area contributed by atoms with Gasteiger partial charge in [0.25, 0.3) is 0 Å². The van der Waals surface area contributed by atoms with E-state index in [2.05, 4.69) is 40.1 Å². The van der Waals surface area contributed by atoms with Crippen LogP contribution in [0.2, 0.25) is 0 Å². The van der Waals surface area contributed by atoms with E-state index in [0.717, 1.165) is 54.7 Å². The molecule has 0 radical (unpaired) electrons. The molecule has 2 N–H and O–H groups in total. The summed E-state index contributed by atoms with van der Waals surface area (Å²) in [5.74, 6) is 1.04. The molecule has 0 atom stereocenters. The predicted molar refractivity (Wildman–Crippen MR) is 87.5 cm³/mol. The maximum atomic E-state index is 4.56. The summed E-state index contributed by atoms with van der Waals surface area (Å²) in [5, 5.41) is 4.50. The molecule has 0 aliphatic rings. The van der Waals surface area contributed by atoms with Crippen molar-refractivity contribution in [3.05, 3.63) is 24.3 Å². The van der Waals surface area contributed by atoms with E-state index in [4.69, 9.17) is 0 Å². The fraction of sp³-hybridized carbons (Fsp3) is 0.533. The second-order valence-electron chi connectivity index (χ2n) is 4.68. The molecule has 0 unspecified atom stereocenters. The van der Waals surface area contributed by atoms with Crippen molar-refractivity contribution in [3.63, 3.8) is 0 Å². The zero-order valence-electron chi connectivity index (χ0n) is 12.4. The molecule has 0 aliphatic heterocycles. The third-order valence-electron chi connectivity index (χ3n) is 3.38. The molecule has 0 fully saturated rings. The Kier molecular flexibility index (Phi) is 6.36. The highest BCUT2D eigenvalue weighted by Gasteiger charge is 2.02. The SMILES string of the molecule is CCN(CC)CCNCCSc1nc2ccccc2[nH]1. The normalized spacial score (nSPS) is 11.6. The van der Waals surface area contributed by atoms with E-state index in [9.17, 15) is 0 Å². The quantitative estimate of drug-likeness (QED) is 0.551. The van der Waals surface area contributed by atoms with Gasteiger partial charge < -0.3 is 15.2 Å². The Morgan fingerprint density at radius 1 is 1.20 bits per heavy atom. The number of fused-ring (bicyclic) bond motifs is 1. The number of likely N-dealkylation sites (N-methyl/N-ethyl adjacent to an activating group) is 1. The molecule has 1 aromatic carbocycles. The third-order valence-corrected chi connectivity index (χ3v) is 4.26. The number of hydrogen-bond acceptors (Lipinski definition) is 4. The smallest absolute Gasteiger partial charge is 0.166 e. The zero-order valence-corrected chi connectivity index (χ0v) is 13.2. The summed E-state index contributed by atoms with van der Waals surface area (Å²) in [6.45, 7) is 9.88. The summed E-state index contributed by atoms with van der Waals surface area (Å²) in [7, 11) is 0. The molecule has 110 valence electrons. The molecular weight excluding hydrogens is 268 g/mol. The maximum absolute atomic E-state index is 4.56. The first-order chi connectivity index (χ1) is 9.83. The summed E-state index contributed by atoms with van der Waals surface area (Å²) in [6.07, 6.45) is 0. The van der Waals surface area contributed by atoms with Gasteiger partial charge >= 0.3 is 0 Å². The highest BCUT2D eigenvalue weighted by atomic mass is 32.2. The Morgan fingerprint density at radius 3 is 2.75 bits per heavy atom. The Hall–Kier alpha value is -1.04. The number of benzene rings is 1. The largest absolute Gasteiger partial charge is 0.333 e. The van der Waals surface area contributed by atoms with Crippen LogP contribution in [0.5, 0.6) is 0 Å². The van der Waals surface area contributed by atoms with Crippen molar-refractivity contribution in [1.82, 2.24) is 20.2 Å². The lowest BCUT2D eigenvalue weighted by Crippen LogP contribution is -2.32.